The summed E-state index contributed by atoms with van der Waals surface area (Å²) in [5, 5.41) is 0.565. The molecule has 17 heavy (non-hydrogen) atoms. The summed E-state index contributed by atoms with van der Waals surface area (Å²) in [5.74, 6) is 0.766. The van der Waals surface area contributed by atoms with E-state index >= 15 is 0 Å². The number of anilines is 1. The minimum atomic E-state index is 0.0375. The highest BCUT2D eigenvalue weighted by Crippen LogP contribution is 2.26. The molecule has 0 aliphatic carbocycles. The molecule has 0 radical (unpaired) electrons. The zero-order valence-corrected chi connectivity index (χ0v) is 12.4. The lowest BCUT2D eigenvalue weighted by atomic mass is 10.4. The monoisotopic (exact) mass is 319 g/mol. The van der Waals surface area contributed by atoms with Crippen molar-refractivity contribution in [3.05, 3.63) is 21.8 Å². The minimum Gasteiger partial charge on any atom is -0.347 e. The smallest absolute Gasteiger partial charge is 0.241 e. The van der Waals surface area contributed by atoms with Crippen LogP contribution in [0.25, 0.3) is 0 Å². The van der Waals surface area contributed by atoms with E-state index in [0.29, 0.717) is 18.1 Å². The molecule has 0 unspecified atom stereocenters. The van der Waals surface area contributed by atoms with Gasteiger partial charge in [-0.25, -0.2) is 4.98 Å². The molecule has 0 saturated carbocycles. The second-order valence-electron chi connectivity index (χ2n) is 3.76. The number of amides is 1. The number of likely N-dealkylation sites (N-methyl/N-ethyl adjacent to an activating group) is 2. The van der Waals surface area contributed by atoms with Crippen molar-refractivity contribution in [3.63, 3.8) is 0 Å². The van der Waals surface area contributed by atoms with Crippen LogP contribution in [0.3, 0.4) is 0 Å². The van der Waals surface area contributed by atoms with Crippen molar-refractivity contribution < 1.29 is 4.79 Å². The van der Waals surface area contributed by atoms with Gasteiger partial charge >= 0.3 is 0 Å². The number of halogens is 2. The molecular formula is C11H15BrClN3O. The first kappa shape index (κ1) is 14.3. The average molecular weight is 321 g/mol. The maximum Gasteiger partial charge on any atom is 0.241 e. The van der Waals surface area contributed by atoms with Gasteiger partial charge in [-0.15, -0.1) is 0 Å². The van der Waals surface area contributed by atoms with Crippen molar-refractivity contribution in [2.75, 3.05) is 32.1 Å². The Balaban J connectivity index is 2.90. The Morgan fingerprint density at radius 2 is 2.18 bits per heavy atom. The topological polar surface area (TPSA) is 36.4 Å². The lowest BCUT2D eigenvalue weighted by molar-refractivity contribution is -0.127. The van der Waals surface area contributed by atoms with Crippen LogP contribution in [-0.2, 0) is 4.79 Å². The van der Waals surface area contributed by atoms with E-state index in [0.717, 1.165) is 10.3 Å². The number of nitrogens with zero attached hydrogens (tertiary/aromatic N) is 3. The zero-order valence-electron chi connectivity index (χ0n) is 10.1. The van der Waals surface area contributed by atoms with E-state index in [1.807, 2.05) is 11.8 Å². The van der Waals surface area contributed by atoms with Crippen LogP contribution in [-0.4, -0.2) is 43.0 Å². The molecule has 94 valence electrons. The molecule has 0 spiro atoms. The average Bonchev–Trinajstić information content (AvgIpc) is 2.26. The predicted molar refractivity (Wildman–Crippen MR) is 73.5 cm³/mol. The highest BCUT2D eigenvalue weighted by atomic mass is 79.9. The molecule has 0 bridgehead atoms. The Morgan fingerprint density at radius 1 is 1.53 bits per heavy atom. The van der Waals surface area contributed by atoms with Crippen LogP contribution in [0.2, 0.25) is 5.02 Å². The van der Waals surface area contributed by atoms with Crippen LogP contribution < -0.4 is 4.90 Å². The van der Waals surface area contributed by atoms with Crippen molar-refractivity contribution in [2.45, 2.75) is 6.92 Å². The maximum atomic E-state index is 11.7. The standard InChI is InChI=1S/C11H15BrClN3O/c1-4-16(7-10(17)15(2)3)11-9(12)5-8(13)6-14-11/h5-6H,4,7H2,1-3H3. The molecule has 6 heteroatoms. The van der Waals surface area contributed by atoms with Crippen LogP contribution >= 0.6 is 27.5 Å². The van der Waals surface area contributed by atoms with Gasteiger partial charge in [0.2, 0.25) is 5.91 Å². The van der Waals surface area contributed by atoms with E-state index in [4.69, 9.17) is 11.6 Å². The second kappa shape index (κ2) is 6.21. The number of hydrogen-bond donors (Lipinski definition) is 0. The highest BCUT2D eigenvalue weighted by Gasteiger charge is 2.15. The molecule has 0 fully saturated rings. The largest absolute Gasteiger partial charge is 0.347 e. The van der Waals surface area contributed by atoms with Gasteiger partial charge < -0.3 is 9.80 Å². The third-order valence-corrected chi connectivity index (χ3v) is 3.08. The summed E-state index contributed by atoms with van der Waals surface area (Å²) < 4.78 is 0.790. The molecule has 1 heterocycles. The number of hydrogen-bond acceptors (Lipinski definition) is 3. The molecule has 4 nitrogen and oxygen atoms in total. The Hall–Kier alpha value is -0.810. The summed E-state index contributed by atoms with van der Waals surface area (Å²) in [6.45, 7) is 2.98. The van der Waals surface area contributed by atoms with Gasteiger partial charge in [0.1, 0.15) is 5.82 Å². The quantitative estimate of drug-likeness (QED) is 0.855. The SMILES string of the molecule is CCN(CC(=O)N(C)C)c1ncc(Cl)cc1Br. The lowest BCUT2D eigenvalue weighted by Crippen LogP contribution is -2.37. The van der Waals surface area contributed by atoms with E-state index in [1.54, 1.807) is 31.3 Å². The fourth-order valence-electron chi connectivity index (χ4n) is 1.28. The second-order valence-corrected chi connectivity index (χ2v) is 5.05. The molecule has 0 aliphatic heterocycles. The molecule has 1 rings (SSSR count). The first-order valence-corrected chi connectivity index (χ1v) is 6.39. The van der Waals surface area contributed by atoms with Crippen LogP contribution in [0.5, 0.6) is 0 Å². The van der Waals surface area contributed by atoms with Gasteiger partial charge in [0.05, 0.1) is 16.0 Å². The van der Waals surface area contributed by atoms with Crippen LogP contribution in [0.4, 0.5) is 5.82 Å². The molecular weight excluding hydrogens is 305 g/mol. The van der Waals surface area contributed by atoms with E-state index in [-0.39, 0.29) is 5.91 Å². The Bertz CT molecular complexity index is 412. The van der Waals surface area contributed by atoms with E-state index in [9.17, 15) is 4.79 Å². The van der Waals surface area contributed by atoms with Gasteiger partial charge in [0.15, 0.2) is 0 Å². The van der Waals surface area contributed by atoms with Crippen LogP contribution in [0.1, 0.15) is 6.92 Å². The van der Waals surface area contributed by atoms with Gasteiger partial charge in [-0.3, -0.25) is 4.79 Å². The third-order valence-electron chi connectivity index (χ3n) is 2.29. The number of rotatable bonds is 4. The van der Waals surface area contributed by atoms with Crippen molar-refractivity contribution >= 4 is 39.3 Å². The molecule has 1 aromatic heterocycles. The summed E-state index contributed by atoms with van der Waals surface area (Å²) in [6, 6.07) is 1.77. The fraction of sp³-hybridized carbons (Fsp3) is 0.455. The Morgan fingerprint density at radius 3 is 2.65 bits per heavy atom. The first-order chi connectivity index (χ1) is 7.95. The van der Waals surface area contributed by atoms with E-state index in [2.05, 4.69) is 20.9 Å². The van der Waals surface area contributed by atoms with Crippen molar-refractivity contribution in [1.82, 2.24) is 9.88 Å². The summed E-state index contributed by atoms with van der Waals surface area (Å²) >= 11 is 9.24. The first-order valence-electron chi connectivity index (χ1n) is 5.21. The zero-order chi connectivity index (χ0) is 13.0. The summed E-state index contributed by atoms with van der Waals surface area (Å²) in [6.07, 6.45) is 1.57. The van der Waals surface area contributed by atoms with Crippen molar-refractivity contribution in [2.24, 2.45) is 0 Å². The molecule has 0 saturated heterocycles. The maximum absolute atomic E-state index is 11.7. The van der Waals surface area contributed by atoms with Crippen molar-refractivity contribution in [1.29, 1.82) is 0 Å². The van der Waals surface area contributed by atoms with Crippen LogP contribution in [0.15, 0.2) is 16.7 Å². The highest BCUT2D eigenvalue weighted by molar-refractivity contribution is 9.10. The van der Waals surface area contributed by atoms with Crippen molar-refractivity contribution in [3.8, 4) is 0 Å². The summed E-state index contributed by atoms with van der Waals surface area (Å²) in [7, 11) is 3.47. The van der Waals surface area contributed by atoms with Gasteiger partial charge in [0, 0.05) is 26.8 Å². The van der Waals surface area contributed by atoms with Gasteiger partial charge in [-0.05, 0) is 28.9 Å². The molecule has 1 amide bonds. The Labute approximate surface area is 115 Å². The molecule has 0 aliphatic rings. The molecule has 0 N–H and O–H groups in total. The molecule has 0 atom stereocenters. The van der Waals surface area contributed by atoms with E-state index in [1.165, 1.54) is 0 Å². The third kappa shape index (κ3) is 3.85. The number of aromatic nitrogens is 1. The number of carbonyl (C=O) groups excluding carboxylic acids is 1. The summed E-state index contributed by atoms with van der Waals surface area (Å²) in [5.41, 5.74) is 0. The van der Waals surface area contributed by atoms with Crippen LogP contribution in [0, 0.1) is 0 Å². The molecule has 0 aromatic carbocycles. The van der Waals surface area contributed by atoms with Gasteiger partial charge in [-0.2, -0.15) is 0 Å². The lowest BCUT2D eigenvalue weighted by Gasteiger charge is -2.24. The van der Waals surface area contributed by atoms with Gasteiger partial charge in [0.25, 0.3) is 0 Å². The fourth-order valence-corrected chi connectivity index (χ4v) is 2.17. The predicted octanol–water partition coefficient (Wildman–Crippen LogP) is 2.41. The number of pyridine rings is 1. The van der Waals surface area contributed by atoms with E-state index < -0.39 is 0 Å². The normalized spacial score (nSPS) is 10.2. The Kier molecular flexibility index (Phi) is 5.21. The minimum absolute atomic E-state index is 0.0375. The molecule has 1 aromatic rings. The number of carbonyl (C=O) groups is 1. The van der Waals surface area contributed by atoms with Gasteiger partial charge in [-0.1, -0.05) is 11.6 Å². The summed E-state index contributed by atoms with van der Waals surface area (Å²) in [4.78, 5) is 19.4.